The molecule has 3 aromatic heterocycles. The van der Waals surface area contributed by atoms with Crippen molar-refractivity contribution in [1.82, 2.24) is 50.4 Å². The van der Waals surface area contributed by atoms with E-state index in [1.807, 2.05) is 0 Å². The molecule has 0 unspecified atom stereocenters. The van der Waals surface area contributed by atoms with Crippen molar-refractivity contribution in [3.8, 4) is 11.6 Å². The lowest BCUT2D eigenvalue weighted by atomic mass is 10.0. The van der Waals surface area contributed by atoms with Crippen molar-refractivity contribution in [3.05, 3.63) is 71.7 Å². The lowest BCUT2D eigenvalue weighted by molar-refractivity contribution is -0.133. The summed E-state index contributed by atoms with van der Waals surface area (Å²) in [6.07, 6.45) is 3.66. The maximum Gasteiger partial charge on any atom is 0.404 e. The topological polar surface area (TPSA) is 166 Å². The quantitative estimate of drug-likeness (QED) is 0.263. The molecule has 1 aliphatic heterocycles. The number of tetrazole rings is 1. The summed E-state index contributed by atoms with van der Waals surface area (Å²) in [6, 6.07) is 3.39. The number of carbonyl (C=O) groups excluding carboxylic acids is 1. The highest BCUT2D eigenvalue weighted by molar-refractivity contribution is 5.78. The largest absolute Gasteiger partial charge is 0.486 e. The molecule has 5 rings (SSSR count). The number of aromatic nitrogens is 8. The van der Waals surface area contributed by atoms with Gasteiger partial charge in [0.2, 0.25) is 5.91 Å². The van der Waals surface area contributed by atoms with Crippen molar-refractivity contribution in [2.45, 2.75) is 44.4 Å². The summed E-state index contributed by atoms with van der Waals surface area (Å²) in [5, 5.41) is 31.0. The van der Waals surface area contributed by atoms with Gasteiger partial charge in [0.15, 0.2) is 17.5 Å². The molecule has 1 aromatic carbocycles. The van der Waals surface area contributed by atoms with Crippen molar-refractivity contribution >= 4 is 12.0 Å². The lowest BCUT2D eigenvalue weighted by Gasteiger charge is -2.32. The number of ether oxygens (including phenoxy) is 1. The van der Waals surface area contributed by atoms with E-state index in [1.54, 1.807) is 34.2 Å². The molecule has 17 heteroatoms. The summed E-state index contributed by atoms with van der Waals surface area (Å²) in [6.45, 7) is 0.908. The van der Waals surface area contributed by atoms with Gasteiger partial charge in [-0.05, 0) is 53.5 Å². The number of benzene rings is 1. The molecular weight excluding hydrogens is 561 g/mol. The first-order chi connectivity index (χ1) is 20.2. The molecule has 4 heterocycles. The smallest absolute Gasteiger partial charge is 0.404 e. The number of nitrogens with zero attached hydrogens (tertiary/aromatic N) is 9. The first-order valence-electron chi connectivity index (χ1n) is 12.9. The number of rotatable bonds is 10. The average molecular weight is 587 g/mol. The Morgan fingerprint density at radius 1 is 1.10 bits per heavy atom. The Hall–Kier alpha value is -5.09. The molecule has 4 aromatic rings. The Labute approximate surface area is 236 Å². The van der Waals surface area contributed by atoms with E-state index in [0.29, 0.717) is 55.3 Å². The highest BCUT2D eigenvalue weighted by Gasteiger charge is 2.28. The number of piperidine rings is 1. The van der Waals surface area contributed by atoms with Gasteiger partial charge in [0, 0.05) is 31.6 Å². The molecule has 1 saturated heterocycles. The predicted octanol–water partition coefficient (Wildman–Crippen LogP) is 2.08. The molecule has 2 amide bonds. The van der Waals surface area contributed by atoms with Crippen LogP contribution >= 0.6 is 0 Å². The lowest BCUT2D eigenvalue weighted by Crippen LogP contribution is -2.44. The average Bonchev–Trinajstić information content (AvgIpc) is 3.68. The molecule has 1 atom stereocenters. The van der Waals surface area contributed by atoms with Gasteiger partial charge in [-0.15, -0.1) is 5.10 Å². The van der Waals surface area contributed by atoms with Crippen LogP contribution in [0.25, 0.3) is 5.82 Å². The minimum atomic E-state index is -1.42. The summed E-state index contributed by atoms with van der Waals surface area (Å²) >= 11 is 0. The van der Waals surface area contributed by atoms with Crippen molar-refractivity contribution in [3.63, 3.8) is 0 Å². The molecule has 1 aliphatic rings. The molecule has 42 heavy (non-hydrogen) atoms. The maximum atomic E-state index is 14.1. The van der Waals surface area contributed by atoms with Gasteiger partial charge in [-0.2, -0.15) is 19.7 Å². The second kappa shape index (κ2) is 12.6. The molecule has 14 nitrogen and oxygen atoms in total. The Morgan fingerprint density at radius 2 is 1.88 bits per heavy atom. The van der Waals surface area contributed by atoms with E-state index in [4.69, 9.17) is 9.84 Å². The van der Waals surface area contributed by atoms with Crippen LogP contribution in [0.5, 0.6) is 5.75 Å². The van der Waals surface area contributed by atoms with Crippen LogP contribution in [0.15, 0.2) is 43.0 Å². The third-order valence-electron chi connectivity index (χ3n) is 6.70. The van der Waals surface area contributed by atoms with Crippen LogP contribution in [0, 0.1) is 17.5 Å². The number of carbonyl (C=O) groups is 2. The van der Waals surface area contributed by atoms with Gasteiger partial charge in [-0.3, -0.25) is 4.79 Å². The second-order valence-corrected chi connectivity index (χ2v) is 9.58. The number of carboxylic acid groups (broad SMARTS) is 1. The van der Waals surface area contributed by atoms with Crippen molar-refractivity contribution in [2.75, 3.05) is 13.1 Å². The molecule has 0 radical (unpaired) electrons. The molecular formula is C25H25F3N10O4. The van der Waals surface area contributed by atoms with Crippen LogP contribution in [0.3, 0.4) is 0 Å². The molecule has 0 saturated carbocycles. The minimum absolute atomic E-state index is 0.0655. The molecule has 1 fully saturated rings. The van der Waals surface area contributed by atoms with Gasteiger partial charge >= 0.3 is 6.09 Å². The number of hydrogen-bond donors (Lipinski definition) is 2. The standard InChI is InChI=1S/C25H25F3N10O4/c26-20-10-22(28)21(27)8-15(20)7-16(32-25(40)41)9-24(39)36-5-3-18(4-6-36)38-31-11-17(33-38)13-42-19-1-2-23(29-12-19)37-14-30-34-35-37/h1-2,8,10-12,14,16,18,32H,3-7,9,13H2,(H,40,41)/t16-/m0/s1. The van der Waals surface area contributed by atoms with Gasteiger partial charge < -0.3 is 20.1 Å². The highest BCUT2D eigenvalue weighted by atomic mass is 19.2. The Morgan fingerprint density at radius 3 is 2.57 bits per heavy atom. The number of amides is 2. The van der Waals surface area contributed by atoms with Gasteiger partial charge in [0.1, 0.15) is 30.2 Å². The zero-order chi connectivity index (χ0) is 29.6. The second-order valence-electron chi connectivity index (χ2n) is 9.58. The zero-order valence-electron chi connectivity index (χ0n) is 22.0. The summed E-state index contributed by atoms with van der Waals surface area (Å²) in [4.78, 5) is 31.6. The van der Waals surface area contributed by atoms with Gasteiger partial charge in [0.05, 0.1) is 18.4 Å². The van der Waals surface area contributed by atoms with Crippen LogP contribution in [-0.4, -0.2) is 81.3 Å². The number of nitrogens with one attached hydrogen (secondary N) is 1. The Bertz CT molecular complexity index is 1530. The fraction of sp³-hybridized carbons (Fsp3) is 0.360. The first-order valence-corrected chi connectivity index (χ1v) is 12.9. The molecule has 220 valence electrons. The monoisotopic (exact) mass is 586 g/mol. The zero-order valence-corrected chi connectivity index (χ0v) is 22.0. The minimum Gasteiger partial charge on any atom is -0.486 e. The number of hydrogen-bond acceptors (Lipinski definition) is 9. The van der Waals surface area contributed by atoms with E-state index in [2.05, 4.69) is 36.0 Å². The Balaban J connectivity index is 1.11. The van der Waals surface area contributed by atoms with Crippen LogP contribution < -0.4 is 10.1 Å². The summed E-state index contributed by atoms with van der Waals surface area (Å²) in [5.41, 5.74) is 0.367. The van der Waals surface area contributed by atoms with Crippen molar-refractivity contribution in [2.24, 2.45) is 0 Å². The highest BCUT2D eigenvalue weighted by Crippen LogP contribution is 2.23. The number of pyridine rings is 1. The predicted molar refractivity (Wildman–Crippen MR) is 136 cm³/mol. The van der Waals surface area contributed by atoms with E-state index in [-0.39, 0.29) is 37.0 Å². The number of likely N-dealkylation sites (tertiary alicyclic amines) is 1. The van der Waals surface area contributed by atoms with Crippen LogP contribution in [-0.2, 0) is 17.8 Å². The van der Waals surface area contributed by atoms with Crippen LogP contribution in [0.4, 0.5) is 18.0 Å². The van der Waals surface area contributed by atoms with E-state index in [9.17, 15) is 22.8 Å². The normalized spacial score (nSPS) is 14.5. The van der Waals surface area contributed by atoms with E-state index in [0.717, 1.165) is 0 Å². The van der Waals surface area contributed by atoms with E-state index < -0.39 is 29.6 Å². The summed E-state index contributed by atoms with van der Waals surface area (Å²) in [5.74, 6) is -2.92. The Kier molecular flexibility index (Phi) is 8.54. The summed E-state index contributed by atoms with van der Waals surface area (Å²) < 4.78 is 48.1. The maximum absolute atomic E-state index is 14.1. The molecule has 2 N–H and O–H groups in total. The van der Waals surface area contributed by atoms with Gasteiger partial charge in [-0.25, -0.2) is 22.9 Å². The summed E-state index contributed by atoms with van der Waals surface area (Å²) in [7, 11) is 0. The molecule has 0 spiro atoms. The van der Waals surface area contributed by atoms with Crippen molar-refractivity contribution < 1.29 is 32.6 Å². The van der Waals surface area contributed by atoms with Gasteiger partial charge in [-0.1, -0.05) is 0 Å². The van der Waals surface area contributed by atoms with E-state index >= 15 is 0 Å². The number of halogens is 3. The van der Waals surface area contributed by atoms with E-state index in [1.165, 1.54) is 11.0 Å². The third kappa shape index (κ3) is 6.97. The SMILES string of the molecule is O=C(O)N[C@H](CC(=O)N1CCC(n2ncc(COc3ccc(-n4cnnn4)nc3)n2)CC1)Cc1cc(F)c(F)cc1F. The first kappa shape index (κ1) is 28.4. The molecule has 0 aliphatic carbocycles. The van der Waals surface area contributed by atoms with Crippen molar-refractivity contribution in [1.29, 1.82) is 0 Å². The van der Waals surface area contributed by atoms with Crippen LogP contribution in [0.2, 0.25) is 0 Å². The fourth-order valence-corrected chi connectivity index (χ4v) is 4.59. The van der Waals surface area contributed by atoms with Crippen LogP contribution in [0.1, 0.15) is 36.6 Å². The third-order valence-corrected chi connectivity index (χ3v) is 6.70. The molecule has 0 bridgehead atoms. The van der Waals surface area contributed by atoms with Gasteiger partial charge in [0.25, 0.3) is 0 Å². The fourth-order valence-electron chi connectivity index (χ4n) is 4.59.